The lowest BCUT2D eigenvalue weighted by Gasteiger charge is -2.40. The number of hydrogen-bond acceptors (Lipinski definition) is 4. The van der Waals surface area contributed by atoms with E-state index in [0.717, 1.165) is 30.5 Å². The molecular formula is C22H28N2O4. The second-order valence-corrected chi connectivity index (χ2v) is 8.79. The fourth-order valence-electron chi connectivity index (χ4n) is 4.71. The largest absolute Gasteiger partial charge is 0.493 e. The average Bonchev–Trinajstić information content (AvgIpc) is 3.45. The molecule has 2 aliphatic carbocycles. The third-order valence-corrected chi connectivity index (χ3v) is 7.06. The lowest BCUT2D eigenvalue weighted by Crippen LogP contribution is -2.50. The number of amides is 2. The van der Waals surface area contributed by atoms with Crippen molar-refractivity contribution in [3.8, 4) is 11.5 Å². The molecule has 3 fully saturated rings. The van der Waals surface area contributed by atoms with Crippen LogP contribution in [0.1, 0.15) is 50.5 Å². The Labute approximate surface area is 165 Å². The number of carbonyl (C=O) groups excluding carboxylic acids is 2. The molecule has 0 aromatic heterocycles. The molecule has 4 aliphatic rings. The van der Waals surface area contributed by atoms with Crippen LogP contribution in [0.3, 0.4) is 0 Å². The van der Waals surface area contributed by atoms with Crippen molar-refractivity contribution in [3.05, 3.63) is 17.7 Å². The van der Waals surface area contributed by atoms with E-state index in [1.165, 1.54) is 12.8 Å². The highest BCUT2D eigenvalue weighted by Crippen LogP contribution is 2.49. The number of likely N-dealkylation sites (tertiary alicyclic amines) is 1. The van der Waals surface area contributed by atoms with Crippen molar-refractivity contribution >= 4 is 17.5 Å². The topological polar surface area (TPSA) is 67.9 Å². The van der Waals surface area contributed by atoms with Crippen LogP contribution in [-0.4, -0.2) is 43.5 Å². The maximum atomic E-state index is 13.0. The van der Waals surface area contributed by atoms with E-state index in [2.05, 4.69) is 5.32 Å². The lowest BCUT2D eigenvalue weighted by atomic mass is 9.73. The van der Waals surface area contributed by atoms with Gasteiger partial charge in [-0.3, -0.25) is 9.59 Å². The maximum Gasteiger partial charge on any atom is 0.235 e. The molecule has 1 aromatic rings. The smallest absolute Gasteiger partial charge is 0.235 e. The van der Waals surface area contributed by atoms with Gasteiger partial charge in [0.1, 0.15) is 0 Å². The highest BCUT2D eigenvalue weighted by atomic mass is 16.5. The number of nitrogens with one attached hydrogen (secondary N) is 1. The summed E-state index contributed by atoms with van der Waals surface area (Å²) in [7, 11) is 1.64. The summed E-state index contributed by atoms with van der Waals surface area (Å²) in [5.74, 6) is 2.56. The second kappa shape index (κ2) is 6.68. The number of anilines is 1. The summed E-state index contributed by atoms with van der Waals surface area (Å²) in [4.78, 5) is 27.5. The maximum absolute atomic E-state index is 13.0. The van der Waals surface area contributed by atoms with E-state index in [-0.39, 0.29) is 17.7 Å². The number of fused-ring (bicyclic) bond motifs is 2. The number of carbonyl (C=O) groups is 2. The van der Waals surface area contributed by atoms with Gasteiger partial charge >= 0.3 is 0 Å². The zero-order chi connectivity index (χ0) is 19.3. The van der Waals surface area contributed by atoms with Crippen LogP contribution in [-0.2, 0) is 15.0 Å². The molecule has 0 atom stereocenters. The first kappa shape index (κ1) is 17.8. The second-order valence-electron chi connectivity index (χ2n) is 8.79. The third-order valence-electron chi connectivity index (χ3n) is 7.06. The van der Waals surface area contributed by atoms with E-state index in [9.17, 15) is 9.59 Å². The van der Waals surface area contributed by atoms with Gasteiger partial charge in [0, 0.05) is 30.8 Å². The van der Waals surface area contributed by atoms with Crippen molar-refractivity contribution in [3.63, 3.8) is 0 Å². The highest BCUT2D eigenvalue weighted by molar-refractivity contribution is 6.07. The Morgan fingerprint density at radius 3 is 2.54 bits per heavy atom. The van der Waals surface area contributed by atoms with Crippen molar-refractivity contribution in [1.82, 2.24) is 4.90 Å². The SMILES string of the molecule is COc1cc2c(cc1OCC1CC1)NC(=O)C21CCN(C(=O)C2CCC2)CC1. The van der Waals surface area contributed by atoms with Crippen LogP contribution in [0.4, 0.5) is 5.69 Å². The van der Waals surface area contributed by atoms with Gasteiger partial charge in [-0.05, 0) is 56.1 Å². The van der Waals surface area contributed by atoms with Gasteiger partial charge in [-0.2, -0.15) is 0 Å². The molecule has 2 saturated carbocycles. The summed E-state index contributed by atoms with van der Waals surface area (Å²) in [5.41, 5.74) is 1.26. The van der Waals surface area contributed by atoms with Gasteiger partial charge in [0.2, 0.25) is 11.8 Å². The molecule has 2 heterocycles. The standard InChI is InChI=1S/C22H28N2O4/c1-27-18-11-16-17(12-19(18)28-13-14-5-6-14)23-21(26)22(16)7-9-24(10-8-22)20(25)15-3-2-4-15/h11-12,14-15H,2-10,13H2,1H3,(H,23,26). The van der Waals surface area contributed by atoms with Crippen molar-refractivity contribution in [2.45, 2.75) is 50.4 Å². The Kier molecular flexibility index (Phi) is 4.25. The number of piperidine rings is 1. The summed E-state index contributed by atoms with van der Waals surface area (Å²) in [5, 5.41) is 3.06. The van der Waals surface area contributed by atoms with Gasteiger partial charge in [0.05, 0.1) is 19.1 Å². The molecule has 0 unspecified atom stereocenters. The number of methoxy groups -OCH3 is 1. The number of nitrogens with zero attached hydrogens (tertiary/aromatic N) is 1. The minimum atomic E-state index is -0.561. The van der Waals surface area contributed by atoms with Crippen LogP contribution in [0.5, 0.6) is 11.5 Å². The van der Waals surface area contributed by atoms with Crippen LogP contribution in [0.25, 0.3) is 0 Å². The zero-order valence-electron chi connectivity index (χ0n) is 16.5. The summed E-state index contributed by atoms with van der Waals surface area (Å²) < 4.78 is 11.5. The van der Waals surface area contributed by atoms with Crippen molar-refractivity contribution in [1.29, 1.82) is 0 Å². The molecule has 150 valence electrons. The quantitative estimate of drug-likeness (QED) is 0.847. The van der Waals surface area contributed by atoms with Gasteiger partial charge in [-0.25, -0.2) is 0 Å². The molecule has 6 heteroatoms. The van der Waals surface area contributed by atoms with E-state index < -0.39 is 5.41 Å². The van der Waals surface area contributed by atoms with Crippen molar-refractivity contribution in [2.75, 3.05) is 32.1 Å². The van der Waals surface area contributed by atoms with Crippen LogP contribution in [0.2, 0.25) is 0 Å². The first-order chi connectivity index (χ1) is 13.6. The molecule has 1 N–H and O–H groups in total. The van der Waals surface area contributed by atoms with Crippen molar-refractivity contribution in [2.24, 2.45) is 11.8 Å². The summed E-state index contributed by atoms with van der Waals surface area (Å²) in [6.45, 7) is 1.99. The van der Waals surface area contributed by atoms with E-state index in [4.69, 9.17) is 9.47 Å². The Morgan fingerprint density at radius 1 is 1.18 bits per heavy atom. The Hall–Kier alpha value is -2.24. The summed E-state index contributed by atoms with van der Waals surface area (Å²) in [6.07, 6.45) is 6.97. The first-order valence-corrected chi connectivity index (χ1v) is 10.6. The van der Waals surface area contributed by atoms with Gasteiger partial charge < -0.3 is 19.7 Å². The van der Waals surface area contributed by atoms with Gasteiger partial charge in [-0.15, -0.1) is 0 Å². The van der Waals surface area contributed by atoms with E-state index in [0.29, 0.717) is 50.0 Å². The fraction of sp³-hybridized carbons (Fsp3) is 0.636. The third kappa shape index (κ3) is 2.85. The molecule has 2 aliphatic heterocycles. The summed E-state index contributed by atoms with van der Waals surface area (Å²) in [6, 6.07) is 3.88. The monoisotopic (exact) mass is 384 g/mol. The van der Waals surface area contributed by atoms with Crippen LogP contribution in [0, 0.1) is 11.8 Å². The van der Waals surface area contributed by atoms with Gasteiger partial charge in [0.25, 0.3) is 0 Å². The number of rotatable bonds is 5. The number of hydrogen-bond donors (Lipinski definition) is 1. The highest BCUT2D eigenvalue weighted by Gasteiger charge is 2.50. The normalized spacial score (nSPS) is 23.2. The van der Waals surface area contributed by atoms with Crippen molar-refractivity contribution < 1.29 is 19.1 Å². The van der Waals surface area contributed by atoms with E-state index >= 15 is 0 Å². The minimum Gasteiger partial charge on any atom is -0.493 e. The predicted octanol–water partition coefficient (Wildman–Crippen LogP) is 3.10. The molecule has 1 aromatic carbocycles. The number of benzene rings is 1. The molecular weight excluding hydrogens is 356 g/mol. The molecule has 5 rings (SSSR count). The van der Waals surface area contributed by atoms with Crippen LogP contribution < -0.4 is 14.8 Å². The Balaban J connectivity index is 1.37. The fourth-order valence-corrected chi connectivity index (χ4v) is 4.71. The molecule has 1 saturated heterocycles. The van der Waals surface area contributed by atoms with Gasteiger partial charge in [-0.1, -0.05) is 6.42 Å². The molecule has 6 nitrogen and oxygen atoms in total. The zero-order valence-corrected chi connectivity index (χ0v) is 16.5. The van der Waals surface area contributed by atoms with E-state index in [1.54, 1.807) is 7.11 Å². The molecule has 0 radical (unpaired) electrons. The predicted molar refractivity (Wildman–Crippen MR) is 105 cm³/mol. The van der Waals surface area contributed by atoms with Gasteiger partial charge in [0.15, 0.2) is 11.5 Å². The lowest BCUT2D eigenvalue weighted by molar-refractivity contribution is -0.141. The minimum absolute atomic E-state index is 0.0413. The van der Waals surface area contributed by atoms with Crippen LogP contribution >= 0.6 is 0 Å². The van der Waals surface area contributed by atoms with Crippen LogP contribution in [0.15, 0.2) is 12.1 Å². The molecule has 0 bridgehead atoms. The Bertz CT molecular complexity index is 805. The summed E-state index contributed by atoms with van der Waals surface area (Å²) >= 11 is 0. The van der Waals surface area contributed by atoms with E-state index in [1.807, 2.05) is 17.0 Å². The molecule has 28 heavy (non-hydrogen) atoms. The molecule has 2 amide bonds. The first-order valence-electron chi connectivity index (χ1n) is 10.6. The molecule has 1 spiro atoms. The average molecular weight is 384 g/mol. The number of ether oxygens (including phenoxy) is 2. The Morgan fingerprint density at radius 2 is 1.93 bits per heavy atom.